The monoisotopic (exact) mass is 492 g/mol. The molecule has 7 nitrogen and oxygen atoms in total. The van der Waals surface area contributed by atoms with Crippen LogP contribution in [0.1, 0.15) is 42.4 Å². The van der Waals surface area contributed by atoms with Gasteiger partial charge in [0.25, 0.3) is 0 Å². The highest BCUT2D eigenvalue weighted by atomic mass is 32.2. The fourth-order valence-corrected chi connectivity index (χ4v) is 5.69. The maximum absolute atomic E-state index is 12.9. The SMILES string of the molecule is CN(Cc1cnn(Cc2ccccc2)c1)C(=O)C=Cc1ccc(S(=O)(=O)N2CCCCCC2)cc1. The lowest BCUT2D eigenvalue weighted by atomic mass is 10.2. The van der Waals surface area contributed by atoms with Crippen molar-refractivity contribution in [3.63, 3.8) is 0 Å². The van der Waals surface area contributed by atoms with Crippen LogP contribution in [0.4, 0.5) is 0 Å². The fraction of sp³-hybridized carbons (Fsp3) is 0.333. The normalized spacial score (nSPS) is 15.2. The first-order chi connectivity index (χ1) is 16.9. The van der Waals surface area contributed by atoms with Gasteiger partial charge in [0.1, 0.15) is 0 Å². The third-order valence-corrected chi connectivity index (χ3v) is 8.08. The second kappa shape index (κ2) is 11.5. The van der Waals surface area contributed by atoms with Crippen molar-refractivity contribution in [2.45, 2.75) is 43.7 Å². The van der Waals surface area contributed by atoms with E-state index in [-0.39, 0.29) is 5.91 Å². The molecule has 8 heteroatoms. The molecule has 1 aliphatic rings. The van der Waals surface area contributed by atoms with E-state index < -0.39 is 10.0 Å². The molecule has 0 aliphatic carbocycles. The molecular formula is C27H32N4O3S. The molecule has 0 N–H and O–H groups in total. The summed E-state index contributed by atoms with van der Waals surface area (Å²) >= 11 is 0. The van der Waals surface area contributed by atoms with Crippen LogP contribution in [0.15, 0.2) is 78.0 Å². The van der Waals surface area contributed by atoms with Crippen LogP contribution < -0.4 is 0 Å². The van der Waals surface area contributed by atoms with Crippen molar-refractivity contribution in [2.75, 3.05) is 20.1 Å². The van der Waals surface area contributed by atoms with Gasteiger partial charge in [-0.2, -0.15) is 9.40 Å². The Hall–Kier alpha value is -3.23. The molecule has 1 saturated heterocycles. The lowest BCUT2D eigenvalue weighted by molar-refractivity contribution is -0.125. The van der Waals surface area contributed by atoms with E-state index in [0.717, 1.165) is 36.8 Å². The molecule has 1 aromatic heterocycles. The number of benzene rings is 2. The number of carbonyl (C=O) groups is 1. The molecule has 0 atom stereocenters. The summed E-state index contributed by atoms with van der Waals surface area (Å²) in [7, 11) is -1.73. The number of carbonyl (C=O) groups excluding carboxylic acids is 1. The molecular weight excluding hydrogens is 460 g/mol. The summed E-state index contributed by atoms with van der Waals surface area (Å²) in [6, 6.07) is 16.8. The predicted molar refractivity (Wildman–Crippen MR) is 137 cm³/mol. The van der Waals surface area contributed by atoms with E-state index >= 15 is 0 Å². The Morgan fingerprint density at radius 1 is 0.971 bits per heavy atom. The van der Waals surface area contributed by atoms with Gasteiger partial charge < -0.3 is 4.90 Å². The zero-order valence-corrected chi connectivity index (χ0v) is 20.9. The molecule has 2 aromatic carbocycles. The standard InChI is InChI=1S/C27H32N4O3S/c1-29(20-25-19-28-30(22-25)21-24-9-5-4-6-10-24)27(32)16-13-23-11-14-26(15-12-23)35(33,34)31-17-7-2-3-8-18-31/h4-6,9-16,19,22H,2-3,7-8,17-18,20-21H2,1H3. The third kappa shape index (κ3) is 6.68. The van der Waals surface area contributed by atoms with E-state index in [1.807, 2.05) is 29.1 Å². The molecule has 0 spiro atoms. The molecule has 2 heterocycles. The van der Waals surface area contributed by atoms with Gasteiger partial charge in [0, 0.05) is 44.5 Å². The van der Waals surface area contributed by atoms with Gasteiger partial charge in [0.15, 0.2) is 0 Å². The van der Waals surface area contributed by atoms with Gasteiger partial charge in [-0.25, -0.2) is 8.42 Å². The number of rotatable bonds is 8. The molecule has 1 amide bonds. The quantitative estimate of drug-likeness (QED) is 0.443. The average molecular weight is 493 g/mol. The topological polar surface area (TPSA) is 75.5 Å². The van der Waals surface area contributed by atoms with Crippen LogP contribution >= 0.6 is 0 Å². The van der Waals surface area contributed by atoms with Crippen molar-refractivity contribution >= 4 is 22.0 Å². The minimum atomic E-state index is -3.47. The lowest BCUT2D eigenvalue weighted by Crippen LogP contribution is -2.31. The number of nitrogens with zero attached hydrogens (tertiary/aromatic N) is 4. The second-order valence-electron chi connectivity index (χ2n) is 8.95. The maximum atomic E-state index is 12.9. The molecule has 0 bridgehead atoms. The van der Waals surface area contributed by atoms with Gasteiger partial charge >= 0.3 is 0 Å². The van der Waals surface area contributed by atoms with Gasteiger partial charge in [-0.15, -0.1) is 0 Å². The second-order valence-corrected chi connectivity index (χ2v) is 10.9. The molecule has 1 aliphatic heterocycles. The first-order valence-corrected chi connectivity index (χ1v) is 13.4. The Balaban J connectivity index is 1.32. The number of aromatic nitrogens is 2. The Kier molecular flexibility index (Phi) is 8.15. The van der Waals surface area contributed by atoms with Crippen LogP contribution in [-0.4, -0.2) is 53.4 Å². The van der Waals surface area contributed by atoms with E-state index in [9.17, 15) is 13.2 Å². The van der Waals surface area contributed by atoms with Crippen LogP contribution in [0.25, 0.3) is 6.08 Å². The average Bonchev–Trinajstić information content (AvgIpc) is 3.11. The Bertz CT molecular complexity index is 1240. The zero-order valence-electron chi connectivity index (χ0n) is 20.1. The third-order valence-electron chi connectivity index (χ3n) is 6.17. The maximum Gasteiger partial charge on any atom is 0.246 e. The van der Waals surface area contributed by atoms with Crippen molar-refractivity contribution in [1.29, 1.82) is 0 Å². The lowest BCUT2D eigenvalue weighted by Gasteiger charge is -2.19. The van der Waals surface area contributed by atoms with E-state index in [2.05, 4.69) is 17.2 Å². The number of hydrogen-bond donors (Lipinski definition) is 0. The molecule has 0 unspecified atom stereocenters. The van der Waals surface area contributed by atoms with Crippen molar-refractivity contribution < 1.29 is 13.2 Å². The van der Waals surface area contributed by atoms with Gasteiger partial charge in [-0.3, -0.25) is 9.48 Å². The minimum Gasteiger partial charge on any atom is -0.338 e. The molecule has 0 radical (unpaired) electrons. The van der Waals surface area contributed by atoms with Crippen molar-refractivity contribution in [2.24, 2.45) is 0 Å². The number of hydrogen-bond acceptors (Lipinski definition) is 4. The molecule has 0 saturated carbocycles. The van der Waals surface area contributed by atoms with E-state index in [1.165, 1.54) is 11.6 Å². The van der Waals surface area contributed by atoms with Gasteiger partial charge in [0.05, 0.1) is 17.6 Å². The van der Waals surface area contributed by atoms with Gasteiger partial charge in [-0.05, 0) is 42.2 Å². The predicted octanol–water partition coefficient (Wildman–Crippen LogP) is 4.17. The number of sulfonamides is 1. The van der Waals surface area contributed by atoms with Crippen molar-refractivity contribution in [1.82, 2.24) is 19.0 Å². The van der Waals surface area contributed by atoms with E-state index in [4.69, 9.17) is 0 Å². The molecule has 3 aromatic rings. The van der Waals surface area contributed by atoms with Crippen LogP contribution in [-0.2, 0) is 27.9 Å². The molecule has 1 fully saturated rings. The Morgan fingerprint density at radius 2 is 1.66 bits per heavy atom. The Morgan fingerprint density at radius 3 is 2.34 bits per heavy atom. The summed E-state index contributed by atoms with van der Waals surface area (Å²) < 4.78 is 29.3. The van der Waals surface area contributed by atoms with Crippen LogP contribution in [0.5, 0.6) is 0 Å². The smallest absolute Gasteiger partial charge is 0.246 e. The highest BCUT2D eigenvalue weighted by molar-refractivity contribution is 7.89. The zero-order chi connectivity index (χ0) is 24.7. The summed E-state index contributed by atoms with van der Waals surface area (Å²) in [6.07, 6.45) is 10.9. The van der Waals surface area contributed by atoms with E-state index in [1.54, 1.807) is 52.8 Å². The minimum absolute atomic E-state index is 0.137. The van der Waals surface area contributed by atoms with Gasteiger partial charge in [0.2, 0.25) is 15.9 Å². The van der Waals surface area contributed by atoms with E-state index in [0.29, 0.717) is 31.1 Å². The first kappa shape index (κ1) is 24.9. The van der Waals surface area contributed by atoms with Crippen molar-refractivity contribution in [3.05, 3.63) is 89.8 Å². The summed E-state index contributed by atoms with van der Waals surface area (Å²) in [4.78, 5) is 14.5. The summed E-state index contributed by atoms with van der Waals surface area (Å²) in [5.74, 6) is -0.137. The summed E-state index contributed by atoms with van der Waals surface area (Å²) in [5.41, 5.74) is 2.89. The largest absolute Gasteiger partial charge is 0.338 e. The van der Waals surface area contributed by atoms with Crippen molar-refractivity contribution in [3.8, 4) is 0 Å². The van der Waals surface area contributed by atoms with Crippen LogP contribution in [0.2, 0.25) is 0 Å². The number of likely N-dealkylation sites (N-methyl/N-ethyl adjacent to an activating group) is 1. The highest BCUT2D eigenvalue weighted by Gasteiger charge is 2.24. The Labute approximate surface area is 207 Å². The molecule has 4 rings (SSSR count). The van der Waals surface area contributed by atoms with Crippen LogP contribution in [0, 0.1) is 0 Å². The van der Waals surface area contributed by atoms with Gasteiger partial charge in [-0.1, -0.05) is 55.3 Å². The molecule has 184 valence electrons. The summed E-state index contributed by atoms with van der Waals surface area (Å²) in [6.45, 7) is 2.29. The summed E-state index contributed by atoms with van der Waals surface area (Å²) in [5, 5.41) is 4.39. The first-order valence-electron chi connectivity index (χ1n) is 12.0. The molecule has 35 heavy (non-hydrogen) atoms. The fourth-order valence-electron chi connectivity index (χ4n) is 4.17. The van der Waals surface area contributed by atoms with Crippen LogP contribution in [0.3, 0.4) is 0 Å². The highest BCUT2D eigenvalue weighted by Crippen LogP contribution is 2.21. The number of amides is 1.